The highest BCUT2D eigenvalue weighted by Gasteiger charge is 2.31. The van der Waals surface area contributed by atoms with Crippen LogP contribution in [0.4, 0.5) is 0 Å². The molecule has 0 aliphatic carbocycles. The van der Waals surface area contributed by atoms with E-state index in [1.807, 2.05) is 12.1 Å². The van der Waals surface area contributed by atoms with Gasteiger partial charge in [-0.15, -0.1) is 0 Å². The van der Waals surface area contributed by atoms with Crippen LogP contribution in [0.1, 0.15) is 39.2 Å². The Morgan fingerprint density at radius 1 is 1.20 bits per heavy atom. The normalized spacial score (nSPS) is 14.6. The van der Waals surface area contributed by atoms with Crippen molar-refractivity contribution in [3.8, 4) is 5.75 Å². The number of nitrogens with two attached hydrogens (primary N) is 1. The second-order valence-electron chi connectivity index (χ2n) is 5.81. The number of likely N-dealkylation sites (N-methyl/N-ethyl adjacent to an activating group) is 1. The van der Waals surface area contributed by atoms with Gasteiger partial charge in [-0.1, -0.05) is 26.0 Å². The summed E-state index contributed by atoms with van der Waals surface area (Å²) in [5.41, 5.74) is 7.39. The van der Waals surface area contributed by atoms with Crippen LogP contribution in [0.2, 0.25) is 0 Å². The molecule has 0 fully saturated rings. The van der Waals surface area contributed by atoms with E-state index < -0.39 is 0 Å². The van der Waals surface area contributed by atoms with E-state index in [4.69, 9.17) is 10.5 Å². The third-order valence-electron chi connectivity index (χ3n) is 4.53. The van der Waals surface area contributed by atoms with Crippen LogP contribution in [0.25, 0.3) is 0 Å². The zero-order valence-corrected chi connectivity index (χ0v) is 13.6. The van der Waals surface area contributed by atoms with Gasteiger partial charge in [-0.05, 0) is 50.9 Å². The molecule has 0 aromatic heterocycles. The van der Waals surface area contributed by atoms with Gasteiger partial charge in [0.25, 0.3) is 0 Å². The maximum absolute atomic E-state index is 6.09. The van der Waals surface area contributed by atoms with Gasteiger partial charge in [-0.2, -0.15) is 0 Å². The lowest BCUT2D eigenvalue weighted by atomic mass is 9.89. The van der Waals surface area contributed by atoms with Gasteiger partial charge in [0.1, 0.15) is 5.75 Å². The average Bonchev–Trinajstić information content (AvgIpc) is 2.49. The average molecular weight is 278 g/mol. The number of rotatable bonds is 8. The standard InChI is InChI=1S/C17H30N2O/c1-6-15(7-2)19(4)17(3,13-18)12-14-8-10-16(20-5)11-9-14/h8-11,15H,6-7,12-13,18H2,1-5H3. The summed E-state index contributed by atoms with van der Waals surface area (Å²) in [4.78, 5) is 2.46. The molecule has 1 rings (SSSR count). The first-order valence-electron chi connectivity index (χ1n) is 7.56. The molecule has 2 N–H and O–H groups in total. The first-order chi connectivity index (χ1) is 9.50. The molecule has 0 heterocycles. The molecule has 3 heteroatoms. The van der Waals surface area contributed by atoms with Gasteiger partial charge < -0.3 is 10.5 Å². The molecule has 0 aliphatic rings. The van der Waals surface area contributed by atoms with Gasteiger partial charge in [0.2, 0.25) is 0 Å². The van der Waals surface area contributed by atoms with Crippen LogP contribution in [-0.4, -0.2) is 37.2 Å². The Bertz CT molecular complexity index is 386. The Labute approximate surface area is 124 Å². The van der Waals surface area contributed by atoms with Crippen molar-refractivity contribution in [2.75, 3.05) is 20.7 Å². The number of hydrogen-bond acceptors (Lipinski definition) is 3. The summed E-state index contributed by atoms with van der Waals surface area (Å²) >= 11 is 0. The predicted octanol–water partition coefficient (Wildman–Crippen LogP) is 3.08. The minimum Gasteiger partial charge on any atom is -0.497 e. The topological polar surface area (TPSA) is 38.5 Å². The minimum absolute atomic E-state index is 0.00866. The molecule has 1 unspecified atom stereocenters. The van der Waals surface area contributed by atoms with Crippen LogP contribution in [0.15, 0.2) is 24.3 Å². The van der Waals surface area contributed by atoms with E-state index in [9.17, 15) is 0 Å². The fraction of sp³-hybridized carbons (Fsp3) is 0.647. The van der Waals surface area contributed by atoms with E-state index >= 15 is 0 Å². The van der Waals surface area contributed by atoms with Crippen molar-refractivity contribution >= 4 is 0 Å². The number of nitrogens with zero attached hydrogens (tertiary/aromatic N) is 1. The molecule has 3 nitrogen and oxygen atoms in total. The molecule has 0 radical (unpaired) electrons. The zero-order chi connectivity index (χ0) is 15.2. The van der Waals surface area contributed by atoms with Crippen LogP contribution in [0.3, 0.4) is 0 Å². The maximum atomic E-state index is 6.09. The summed E-state index contributed by atoms with van der Waals surface area (Å²) in [6.07, 6.45) is 3.27. The summed E-state index contributed by atoms with van der Waals surface area (Å²) in [5.74, 6) is 0.900. The quantitative estimate of drug-likeness (QED) is 0.794. The van der Waals surface area contributed by atoms with Gasteiger partial charge in [-0.25, -0.2) is 0 Å². The molecule has 0 saturated carbocycles. The lowest BCUT2D eigenvalue weighted by Crippen LogP contribution is -2.55. The second kappa shape index (κ2) is 7.65. The molecule has 0 spiro atoms. The Morgan fingerprint density at radius 2 is 1.75 bits per heavy atom. The fourth-order valence-corrected chi connectivity index (χ4v) is 2.80. The number of ether oxygens (including phenoxy) is 1. The molecule has 0 saturated heterocycles. The summed E-state index contributed by atoms with van der Waals surface area (Å²) in [6.45, 7) is 7.41. The number of hydrogen-bond donors (Lipinski definition) is 1. The maximum Gasteiger partial charge on any atom is 0.118 e. The Morgan fingerprint density at radius 3 is 2.15 bits per heavy atom. The van der Waals surface area contributed by atoms with Crippen LogP contribution in [0, 0.1) is 0 Å². The predicted molar refractivity (Wildman–Crippen MR) is 86.3 cm³/mol. The number of methoxy groups -OCH3 is 1. The van der Waals surface area contributed by atoms with E-state index in [0.717, 1.165) is 25.0 Å². The van der Waals surface area contributed by atoms with E-state index in [1.54, 1.807) is 7.11 Å². The zero-order valence-electron chi connectivity index (χ0n) is 13.6. The van der Waals surface area contributed by atoms with Crippen molar-refractivity contribution in [1.82, 2.24) is 4.90 Å². The minimum atomic E-state index is -0.00866. The summed E-state index contributed by atoms with van der Waals surface area (Å²) in [7, 11) is 3.90. The van der Waals surface area contributed by atoms with Crippen LogP contribution in [0.5, 0.6) is 5.75 Å². The van der Waals surface area contributed by atoms with E-state index in [0.29, 0.717) is 12.6 Å². The highest BCUT2D eigenvalue weighted by molar-refractivity contribution is 5.28. The van der Waals surface area contributed by atoms with E-state index in [1.165, 1.54) is 5.56 Å². The lowest BCUT2D eigenvalue weighted by molar-refractivity contribution is 0.0867. The third-order valence-corrected chi connectivity index (χ3v) is 4.53. The Hall–Kier alpha value is -1.06. The largest absolute Gasteiger partial charge is 0.497 e. The molecule has 1 aromatic rings. The van der Waals surface area contributed by atoms with Crippen molar-refractivity contribution in [3.05, 3.63) is 29.8 Å². The molecule has 1 atom stereocenters. The summed E-state index contributed by atoms with van der Waals surface area (Å²) < 4.78 is 5.21. The van der Waals surface area contributed by atoms with Crippen LogP contribution in [-0.2, 0) is 6.42 Å². The summed E-state index contributed by atoms with van der Waals surface area (Å²) in [5, 5.41) is 0. The highest BCUT2D eigenvalue weighted by Crippen LogP contribution is 2.24. The van der Waals surface area contributed by atoms with Crippen LogP contribution >= 0.6 is 0 Å². The van der Waals surface area contributed by atoms with Crippen molar-refractivity contribution in [1.29, 1.82) is 0 Å². The first kappa shape index (κ1) is 17.0. The van der Waals surface area contributed by atoms with Gasteiger partial charge in [0, 0.05) is 18.1 Å². The lowest BCUT2D eigenvalue weighted by Gasteiger charge is -2.43. The smallest absolute Gasteiger partial charge is 0.118 e. The molecular formula is C17H30N2O. The molecule has 0 amide bonds. The molecule has 0 bridgehead atoms. The fourth-order valence-electron chi connectivity index (χ4n) is 2.80. The SMILES string of the molecule is CCC(CC)N(C)C(C)(CN)Cc1ccc(OC)cc1. The van der Waals surface area contributed by atoms with Gasteiger partial charge in [-0.3, -0.25) is 4.90 Å². The van der Waals surface area contributed by atoms with E-state index in [2.05, 4.69) is 44.9 Å². The molecule has 114 valence electrons. The first-order valence-corrected chi connectivity index (χ1v) is 7.56. The Balaban J connectivity index is 2.87. The van der Waals surface area contributed by atoms with Gasteiger partial charge >= 0.3 is 0 Å². The van der Waals surface area contributed by atoms with Crippen molar-refractivity contribution < 1.29 is 4.74 Å². The number of benzene rings is 1. The summed E-state index contributed by atoms with van der Waals surface area (Å²) in [6, 6.07) is 8.88. The van der Waals surface area contributed by atoms with Crippen LogP contribution < -0.4 is 10.5 Å². The van der Waals surface area contributed by atoms with Gasteiger partial charge in [0.05, 0.1) is 7.11 Å². The van der Waals surface area contributed by atoms with Gasteiger partial charge in [0.15, 0.2) is 0 Å². The molecule has 0 aliphatic heterocycles. The van der Waals surface area contributed by atoms with Crippen molar-refractivity contribution in [2.24, 2.45) is 5.73 Å². The molecular weight excluding hydrogens is 248 g/mol. The third kappa shape index (κ3) is 3.97. The monoisotopic (exact) mass is 278 g/mol. The van der Waals surface area contributed by atoms with Crippen molar-refractivity contribution in [3.63, 3.8) is 0 Å². The second-order valence-corrected chi connectivity index (χ2v) is 5.81. The van der Waals surface area contributed by atoms with E-state index in [-0.39, 0.29) is 5.54 Å². The highest BCUT2D eigenvalue weighted by atomic mass is 16.5. The molecule has 1 aromatic carbocycles. The molecule has 20 heavy (non-hydrogen) atoms. The van der Waals surface area contributed by atoms with Crippen molar-refractivity contribution in [2.45, 2.75) is 51.6 Å². The Kier molecular flexibility index (Phi) is 6.50.